The van der Waals surface area contributed by atoms with Gasteiger partial charge in [-0.3, -0.25) is 14.7 Å². The average molecular weight is 293 g/mol. The number of aryl methyl sites for hydroxylation is 1. The third-order valence-electron chi connectivity index (χ3n) is 4.49. The van der Waals surface area contributed by atoms with Gasteiger partial charge >= 0.3 is 5.97 Å². The predicted molar refractivity (Wildman–Crippen MR) is 79.1 cm³/mol. The van der Waals surface area contributed by atoms with Gasteiger partial charge in [0.25, 0.3) is 0 Å². The van der Waals surface area contributed by atoms with Crippen LogP contribution in [0.25, 0.3) is 0 Å². The summed E-state index contributed by atoms with van der Waals surface area (Å²) in [4.78, 5) is 23.4. The van der Waals surface area contributed by atoms with Gasteiger partial charge in [0, 0.05) is 17.7 Å². The number of rotatable bonds is 5. The summed E-state index contributed by atoms with van der Waals surface area (Å²) in [6.45, 7) is 3.78. The minimum Gasteiger partial charge on any atom is -0.481 e. The number of amides is 1. The zero-order valence-electron chi connectivity index (χ0n) is 12.7. The van der Waals surface area contributed by atoms with E-state index in [0.29, 0.717) is 5.82 Å². The summed E-state index contributed by atoms with van der Waals surface area (Å²) in [5, 5.41) is 18.8. The number of nitrogens with one attached hydrogen (secondary N) is 2. The van der Waals surface area contributed by atoms with Crippen molar-refractivity contribution in [1.29, 1.82) is 0 Å². The number of carbonyl (C=O) groups is 2. The van der Waals surface area contributed by atoms with Crippen molar-refractivity contribution in [3.8, 4) is 0 Å². The normalized spacial score (nSPS) is 17.4. The zero-order chi connectivity index (χ0) is 15.5. The fourth-order valence-corrected chi connectivity index (χ4v) is 3.16. The lowest BCUT2D eigenvalue weighted by Crippen LogP contribution is -2.32. The summed E-state index contributed by atoms with van der Waals surface area (Å²) >= 11 is 0. The highest BCUT2D eigenvalue weighted by Gasteiger charge is 2.36. The second kappa shape index (κ2) is 6.28. The molecule has 1 aliphatic carbocycles. The van der Waals surface area contributed by atoms with Crippen molar-refractivity contribution in [2.75, 3.05) is 5.32 Å². The van der Waals surface area contributed by atoms with Gasteiger partial charge in [-0.1, -0.05) is 19.3 Å². The van der Waals surface area contributed by atoms with E-state index in [-0.39, 0.29) is 18.7 Å². The first kappa shape index (κ1) is 15.5. The van der Waals surface area contributed by atoms with Crippen molar-refractivity contribution in [3.05, 3.63) is 11.3 Å². The molecule has 6 nitrogen and oxygen atoms in total. The molecule has 21 heavy (non-hydrogen) atoms. The average Bonchev–Trinajstić information content (AvgIpc) is 2.70. The number of aromatic nitrogens is 2. The van der Waals surface area contributed by atoms with Crippen LogP contribution in [0.5, 0.6) is 0 Å². The highest BCUT2D eigenvalue weighted by molar-refractivity contribution is 5.91. The summed E-state index contributed by atoms with van der Waals surface area (Å²) < 4.78 is 0. The number of nitrogens with zero attached hydrogens (tertiary/aromatic N) is 1. The molecule has 2 rings (SSSR count). The Balaban J connectivity index is 2.04. The van der Waals surface area contributed by atoms with Crippen LogP contribution in [0.3, 0.4) is 0 Å². The fourth-order valence-electron chi connectivity index (χ4n) is 3.16. The number of carboxylic acids is 1. The van der Waals surface area contributed by atoms with E-state index in [2.05, 4.69) is 15.5 Å². The first-order valence-electron chi connectivity index (χ1n) is 7.45. The summed E-state index contributed by atoms with van der Waals surface area (Å²) in [5.41, 5.74) is 1.44. The number of carboxylic acid groups (broad SMARTS) is 1. The van der Waals surface area contributed by atoms with Crippen LogP contribution in [0.15, 0.2) is 0 Å². The molecular formula is C15H23N3O3. The molecule has 0 unspecified atom stereocenters. The smallest absolute Gasteiger partial charge is 0.303 e. The maximum atomic E-state index is 12.3. The van der Waals surface area contributed by atoms with Crippen LogP contribution in [0.1, 0.15) is 56.2 Å². The van der Waals surface area contributed by atoms with Crippen LogP contribution >= 0.6 is 0 Å². The summed E-state index contributed by atoms with van der Waals surface area (Å²) in [5.74, 6) is -0.428. The molecule has 0 aliphatic heterocycles. The maximum absolute atomic E-state index is 12.3. The summed E-state index contributed by atoms with van der Waals surface area (Å²) in [6, 6.07) is 0. The van der Waals surface area contributed by atoms with Gasteiger partial charge in [0.1, 0.15) is 0 Å². The highest BCUT2D eigenvalue weighted by atomic mass is 16.4. The van der Waals surface area contributed by atoms with E-state index >= 15 is 0 Å². The number of hydrogen-bond acceptors (Lipinski definition) is 3. The van der Waals surface area contributed by atoms with Crippen molar-refractivity contribution < 1.29 is 14.7 Å². The number of H-pyrrole nitrogens is 1. The van der Waals surface area contributed by atoms with Gasteiger partial charge in [0.05, 0.1) is 6.42 Å². The Kier molecular flexibility index (Phi) is 4.65. The number of hydrogen-bond donors (Lipinski definition) is 3. The van der Waals surface area contributed by atoms with Gasteiger partial charge in [0.15, 0.2) is 5.82 Å². The standard InChI is InChI=1S/C15H23N3O3/c1-10-11(2)17-18-14(10)16-12(19)8-15(9-13(20)21)6-4-3-5-7-15/h3-9H2,1-2H3,(H,20,21)(H2,16,17,18,19). The molecule has 0 radical (unpaired) electrons. The lowest BCUT2D eigenvalue weighted by molar-refractivity contribution is -0.140. The van der Waals surface area contributed by atoms with Crippen LogP contribution in [0, 0.1) is 19.3 Å². The highest BCUT2D eigenvalue weighted by Crippen LogP contribution is 2.42. The maximum Gasteiger partial charge on any atom is 0.303 e. The van der Waals surface area contributed by atoms with Crippen molar-refractivity contribution >= 4 is 17.7 Å². The Morgan fingerprint density at radius 1 is 1.24 bits per heavy atom. The molecule has 6 heteroatoms. The van der Waals surface area contributed by atoms with Crippen molar-refractivity contribution in [3.63, 3.8) is 0 Å². The molecule has 1 saturated carbocycles. The number of aliphatic carboxylic acids is 1. The Bertz CT molecular complexity index is 530. The Hall–Kier alpha value is -1.85. The van der Waals surface area contributed by atoms with Crippen molar-refractivity contribution in [1.82, 2.24) is 10.2 Å². The third kappa shape index (κ3) is 3.83. The van der Waals surface area contributed by atoms with Crippen molar-refractivity contribution in [2.45, 2.75) is 58.8 Å². The Morgan fingerprint density at radius 2 is 1.90 bits per heavy atom. The van der Waals surface area contributed by atoms with E-state index in [1.807, 2.05) is 13.8 Å². The first-order chi connectivity index (χ1) is 9.92. The summed E-state index contributed by atoms with van der Waals surface area (Å²) in [7, 11) is 0. The van der Waals surface area contributed by atoms with Crippen molar-refractivity contribution in [2.24, 2.45) is 5.41 Å². The third-order valence-corrected chi connectivity index (χ3v) is 4.49. The number of aromatic amines is 1. The molecule has 1 aromatic rings. The molecule has 1 aromatic heterocycles. The van der Waals surface area contributed by atoms with Crippen LogP contribution in [0.4, 0.5) is 5.82 Å². The van der Waals surface area contributed by atoms with Gasteiger partial charge in [-0.15, -0.1) is 0 Å². The van der Waals surface area contributed by atoms with Crippen LogP contribution in [-0.2, 0) is 9.59 Å². The van der Waals surface area contributed by atoms with Crippen LogP contribution < -0.4 is 5.32 Å². The second-order valence-corrected chi connectivity index (χ2v) is 6.18. The molecule has 1 aliphatic rings. The molecule has 0 saturated heterocycles. The SMILES string of the molecule is Cc1[nH]nc(NC(=O)CC2(CC(=O)O)CCCCC2)c1C. The number of anilines is 1. The molecule has 3 N–H and O–H groups in total. The largest absolute Gasteiger partial charge is 0.481 e. The quantitative estimate of drug-likeness (QED) is 0.778. The monoisotopic (exact) mass is 293 g/mol. The molecule has 0 bridgehead atoms. The summed E-state index contributed by atoms with van der Waals surface area (Å²) in [6.07, 6.45) is 5.07. The molecule has 1 amide bonds. The van der Waals surface area contributed by atoms with Gasteiger partial charge in [-0.2, -0.15) is 5.10 Å². The zero-order valence-corrected chi connectivity index (χ0v) is 12.7. The van der Waals surface area contributed by atoms with E-state index < -0.39 is 11.4 Å². The second-order valence-electron chi connectivity index (χ2n) is 6.18. The molecule has 1 heterocycles. The Labute approximate surface area is 124 Å². The minimum absolute atomic E-state index is 0.0684. The molecule has 116 valence electrons. The van der Waals surface area contributed by atoms with Gasteiger partial charge in [-0.05, 0) is 32.1 Å². The van der Waals surface area contributed by atoms with E-state index in [1.54, 1.807) is 0 Å². The van der Waals surface area contributed by atoms with E-state index in [1.165, 1.54) is 0 Å². The molecule has 0 atom stereocenters. The molecule has 0 spiro atoms. The molecule has 1 fully saturated rings. The van der Waals surface area contributed by atoms with E-state index in [0.717, 1.165) is 43.4 Å². The van der Waals surface area contributed by atoms with E-state index in [9.17, 15) is 9.59 Å². The topological polar surface area (TPSA) is 95.1 Å². The van der Waals surface area contributed by atoms with Crippen LogP contribution in [0.2, 0.25) is 0 Å². The van der Waals surface area contributed by atoms with Crippen LogP contribution in [-0.4, -0.2) is 27.2 Å². The Morgan fingerprint density at radius 3 is 2.43 bits per heavy atom. The van der Waals surface area contributed by atoms with Gasteiger partial charge < -0.3 is 10.4 Å². The lowest BCUT2D eigenvalue weighted by atomic mass is 9.69. The fraction of sp³-hybridized carbons (Fsp3) is 0.667. The first-order valence-corrected chi connectivity index (χ1v) is 7.45. The van der Waals surface area contributed by atoms with Gasteiger partial charge in [0.2, 0.25) is 5.91 Å². The minimum atomic E-state index is -0.823. The van der Waals surface area contributed by atoms with Gasteiger partial charge in [-0.25, -0.2) is 0 Å². The molecule has 0 aromatic carbocycles. The number of carbonyl (C=O) groups excluding carboxylic acids is 1. The van der Waals surface area contributed by atoms with E-state index in [4.69, 9.17) is 5.11 Å². The predicted octanol–water partition coefficient (Wildman–Crippen LogP) is 2.78. The molecular weight excluding hydrogens is 270 g/mol. The lowest BCUT2D eigenvalue weighted by Gasteiger charge is -2.35.